The molecule has 0 N–H and O–H groups in total. The van der Waals surface area contributed by atoms with E-state index in [1.54, 1.807) is 30.3 Å². The summed E-state index contributed by atoms with van der Waals surface area (Å²) in [5.74, 6) is -1.05. The lowest BCUT2D eigenvalue weighted by Crippen LogP contribution is -2.22. The van der Waals surface area contributed by atoms with Gasteiger partial charge in [0.25, 0.3) is 5.91 Å². The number of rotatable bonds is 1. The largest absolute Gasteiger partial charge is 0.426 e. The van der Waals surface area contributed by atoms with Gasteiger partial charge in [0, 0.05) is 5.56 Å². The van der Waals surface area contributed by atoms with Crippen molar-refractivity contribution in [3.63, 3.8) is 0 Å². The quantitative estimate of drug-likeness (QED) is 0.675. The number of carbonyl (C=O) groups is 1. The Morgan fingerprint density at radius 1 is 1.21 bits per heavy atom. The van der Waals surface area contributed by atoms with Crippen LogP contribution in [0.2, 0.25) is 0 Å². The molecule has 1 heterocycles. The summed E-state index contributed by atoms with van der Waals surface area (Å²) in [5, 5.41) is 0. The zero-order valence-corrected chi connectivity index (χ0v) is 7.21. The molecule has 4 heteroatoms. The molecule has 0 saturated carbocycles. The van der Waals surface area contributed by atoms with Gasteiger partial charge >= 0.3 is 5.76 Å². The molecule has 0 saturated heterocycles. The molecule has 0 spiro atoms. The minimum Gasteiger partial charge on any atom is -0.416 e. The Labute approximate surface area is 79.4 Å². The summed E-state index contributed by atoms with van der Waals surface area (Å²) in [4.78, 5) is 22.6. The van der Waals surface area contributed by atoms with Crippen LogP contribution < -0.4 is 5.76 Å². The Hall–Kier alpha value is -2.10. The molecule has 0 amide bonds. The molecular formula is C10H7NO3. The van der Waals surface area contributed by atoms with E-state index in [0.29, 0.717) is 5.56 Å². The van der Waals surface area contributed by atoms with Crippen LogP contribution in [-0.2, 0) is 0 Å². The van der Waals surface area contributed by atoms with Gasteiger partial charge in [-0.2, -0.15) is 0 Å². The second kappa shape index (κ2) is 3.33. The predicted molar refractivity (Wildman–Crippen MR) is 49.1 cm³/mol. The molecule has 4 nitrogen and oxygen atoms in total. The second-order valence-corrected chi connectivity index (χ2v) is 2.71. The average molecular weight is 189 g/mol. The minimum absolute atomic E-state index is 0.385. The molecular weight excluding hydrogens is 182 g/mol. The molecule has 0 aliphatic rings. The number of nitrogens with zero attached hydrogens (tertiary/aromatic N) is 1. The molecule has 1 aromatic heterocycles. The molecule has 0 atom stereocenters. The Balaban J connectivity index is 2.44. The van der Waals surface area contributed by atoms with Crippen molar-refractivity contribution in [1.29, 1.82) is 0 Å². The number of carbonyl (C=O) groups excluding carboxylic acids is 1. The molecule has 0 unspecified atom stereocenters. The van der Waals surface area contributed by atoms with Gasteiger partial charge in [0.05, 0.1) is 6.20 Å². The normalized spacial score (nSPS) is 10.0. The minimum atomic E-state index is -0.668. The lowest BCUT2D eigenvalue weighted by atomic mass is 10.2. The monoisotopic (exact) mass is 189 g/mol. The second-order valence-electron chi connectivity index (χ2n) is 2.71. The van der Waals surface area contributed by atoms with Crippen molar-refractivity contribution in [1.82, 2.24) is 4.57 Å². The number of benzene rings is 1. The maximum Gasteiger partial charge on any atom is 0.426 e. The number of hydrogen-bond donors (Lipinski definition) is 0. The summed E-state index contributed by atoms with van der Waals surface area (Å²) in [5.41, 5.74) is 0.455. The van der Waals surface area contributed by atoms with E-state index in [1.807, 2.05) is 0 Å². The maximum atomic E-state index is 11.6. The third-order valence-electron chi connectivity index (χ3n) is 1.82. The standard InChI is InChI=1S/C10H7NO3/c12-9(8-4-2-1-3-5-8)11-6-7-14-10(11)13/h1-7H. The van der Waals surface area contributed by atoms with E-state index in [1.165, 1.54) is 12.5 Å². The third kappa shape index (κ3) is 1.37. The first kappa shape index (κ1) is 8.50. The fourth-order valence-corrected chi connectivity index (χ4v) is 1.14. The van der Waals surface area contributed by atoms with Crippen LogP contribution in [0.3, 0.4) is 0 Å². The van der Waals surface area contributed by atoms with Gasteiger partial charge in [0.15, 0.2) is 0 Å². The summed E-state index contributed by atoms with van der Waals surface area (Å²) in [6, 6.07) is 8.55. The van der Waals surface area contributed by atoms with Crippen LogP contribution in [0, 0.1) is 0 Å². The fourth-order valence-electron chi connectivity index (χ4n) is 1.14. The van der Waals surface area contributed by atoms with Crippen LogP contribution >= 0.6 is 0 Å². The van der Waals surface area contributed by atoms with Gasteiger partial charge < -0.3 is 4.42 Å². The Morgan fingerprint density at radius 3 is 2.50 bits per heavy atom. The van der Waals surface area contributed by atoms with Crippen LogP contribution in [0.5, 0.6) is 0 Å². The summed E-state index contributed by atoms with van der Waals surface area (Å²) in [6.45, 7) is 0. The van der Waals surface area contributed by atoms with Gasteiger partial charge in [-0.05, 0) is 12.1 Å². The smallest absolute Gasteiger partial charge is 0.416 e. The molecule has 0 aliphatic carbocycles. The first-order valence-electron chi connectivity index (χ1n) is 4.05. The summed E-state index contributed by atoms with van der Waals surface area (Å²) in [6.07, 6.45) is 2.49. The molecule has 70 valence electrons. The highest BCUT2D eigenvalue weighted by Crippen LogP contribution is 2.00. The lowest BCUT2D eigenvalue weighted by Gasteiger charge is -1.97. The van der Waals surface area contributed by atoms with Crippen molar-refractivity contribution in [3.05, 3.63) is 58.9 Å². The topological polar surface area (TPSA) is 52.2 Å². The SMILES string of the molecule is O=C(c1ccccc1)n1ccoc1=O. The number of hydrogen-bond acceptors (Lipinski definition) is 3. The highest BCUT2D eigenvalue weighted by molar-refractivity contribution is 5.95. The van der Waals surface area contributed by atoms with Gasteiger partial charge in [-0.15, -0.1) is 0 Å². The van der Waals surface area contributed by atoms with E-state index in [4.69, 9.17) is 0 Å². The van der Waals surface area contributed by atoms with E-state index in [-0.39, 0.29) is 5.91 Å². The van der Waals surface area contributed by atoms with Crippen molar-refractivity contribution in [2.45, 2.75) is 0 Å². The van der Waals surface area contributed by atoms with Crippen LogP contribution in [0.25, 0.3) is 0 Å². The molecule has 2 rings (SSSR count). The zero-order chi connectivity index (χ0) is 9.97. The van der Waals surface area contributed by atoms with Gasteiger partial charge in [0.1, 0.15) is 6.26 Å². The molecule has 0 radical (unpaired) electrons. The zero-order valence-electron chi connectivity index (χ0n) is 7.21. The van der Waals surface area contributed by atoms with E-state index in [0.717, 1.165) is 4.57 Å². The molecule has 0 bridgehead atoms. The van der Waals surface area contributed by atoms with E-state index >= 15 is 0 Å². The van der Waals surface area contributed by atoms with Gasteiger partial charge in [-0.25, -0.2) is 9.36 Å². The van der Waals surface area contributed by atoms with E-state index in [2.05, 4.69) is 4.42 Å². The van der Waals surface area contributed by atoms with Gasteiger partial charge in [-0.3, -0.25) is 4.79 Å². The van der Waals surface area contributed by atoms with Crippen molar-refractivity contribution >= 4 is 5.91 Å². The van der Waals surface area contributed by atoms with Gasteiger partial charge in [0.2, 0.25) is 0 Å². The number of aromatic nitrogens is 1. The Kier molecular flexibility index (Phi) is 2.02. The summed E-state index contributed by atoms with van der Waals surface area (Å²) >= 11 is 0. The highest BCUT2D eigenvalue weighted by Gasteiger charge is 2.10. The van der Waals surface area contributed by atoms with Crippen molar-refractivity contribution in [3.8, 4) is 0 Å². The molecule has 0 aliphatic heterocycles. The van der Waals surface area contributed by atoms with Gasteiger partial charge in [-0.1, -0.05) is 18.2 Å². The van der Waals surface area contributed by atoms with E-state index < -0.39 is 5.76 Å². The lowest BCUT2D eigenvalue weighted by molar-refractivity contribution is 0.0952. The van der Waals surface area contributed by atoms with Crippen molar-refractivity contribution < 1.29 is 9.21 Å². The first-order valence-corrected chi connectivity index (χ1v) is 4.05. The Morgan fingerprint density at radius 2 is 1.93 bits per heavy atom. The van der Waals surface area contributed by atoms with E-state index in [9.17, 15) is 9.59 Å². The summed E-state index contributed by atoms with van der Waals surface area (Å²) < 4.78 is 5.42. The fraction of sp³-hybridized carbons (Fsp3) is 0. The maximum absolute atomic E-state index is 11.6. The van der Waals surface area contributed by atoms with Crippen molar-refractivity contribution in [2.75, 3.05) is 0 Å². The number of oxazole rings is 1. The highest BCUT2D eigenvalue weighted by atomic mass is 16.4. The average Bonchev–Trinajstić information content (AvgIpc) is 2.65. The molecule has 1 aromatic carbocycles. The van der Waals surface area contributed by atoms with Crippen LogP contribution in [0.1, 0.15) is 10.4 Å². The Bertz CT molecular complexity index is 495. The first-order chi connectivity index (χ1) is 6.79. The van der Waals surface area contributed by atoms with Crippen molar-refractivity contribution in [2.24, 2.45) is 0 Å². The molecule has 14 heavy (non-hydrogen) atoms. The van der Waals surface area contributed by atoms with Crippen LogP contribution in [-0.4, -0.2) is 10.5 Å². The molecule has 2 aromatic rings. The summed E-state index contributed by atoms with van der Waals surface area (Å²) in [7, 11) is 0. The van der Waals surface area contributed by atoms with Crippen LogP contribution in [0.15, 0.2) is 52.0 Å². The predicted octanol–water partition coefficient (Wildman–Crippen LogP) is 1.13. The third-order valence-corrected chi connectivity index (χ3v) is 1.82. The molecule has 0 fully saturated rings. The van der Waals surface area contributed by atoms with Crippen LogP contribution in [0.4, 0.5) is 0 Å².